The normalized spacial score (nSPS) is 14.7. The van der Waals surface area contributed by atoms with Crippen LogP contribution < -0.4 is 10.0 Å². The molecule has 0 unspecified atom stereocenters. The molecule has 0 saturated carbocycles. The number of nitrogens with one attached hydrogen (secondary N) is 2. The maximum Gasteiger partial charge on any atom is 0.253 e. The standard InChI is InChI=1S/C17H21N3O3S2.ClH/c21-17(20-11-9-18-10-12-20)14-3-5-16(6-4-14)25(22,23)19-8-7-15-2-1-13-24-15;/h1-6,13,18-19H,7-12H2;1H. The summed E-state index contributed by atoms with van der Waals surface area (Å²) in [7, 11) is -3.56. The first-order chi connectivity index (χ1) is 12.1. The van der Waals surface area contributed by atoms with Crippen LogP contribution in [0.15, 0.2) is 46.7 Å². The summed E-state index contributed by atoms with van der Waals surface area (Å²) in [4.78, 5) is 15.5. The number of hydrogen-bond acceptors (Lipinski definition) is 5. The van der Waals surface area contributed by atoms with E-state index >= 15 is 0 Å². The summed E-state index contributed by atoms with van der Waals surface area (Å²) in [5.74, 6) is -0.0592. The molecule has 0 atom stereocenters. The second-order valence-corrected chi connectivity index (χ2v) is 8.59. The molecule has 142 valence electrons. The van der Waals surface area contributed by atoms with Gasteiger partial charge in [-0.25, -0.2) is 13.1 Å². The molecule has 0 bridgehead atoms. The SMILES string of the molecule is Cl.O=C(c1ccc(S(=O)(=O)NCCc2cccs2)cc1)N1CCNCC1. The van der Waals surface area contributed by atoms with Crippen LogP contribution in [0.2, 0.25) is 0 Å². The molecule has 3 rings (SSSR count). The third-order valence-corrected chi connectivity index (χ3v) is 6.47. The minimum Gasteiger partial charge on any atom is -0.336 e. The Morgan fingerprint density at radius 2 is 1.85 bits per heavy atom. The highest BCUT2D eigenvalue weighted by Crippen LogP contribution is 2.13. The molecule has 0 radical (unpaired) electrons. The van der Waals surface area contributed by atoms with Gasteiger partial charge in [-0.1, -0.05) is 6.07 Å². The van der Waals surface area contributed by atoms with Gasteiger partial charge in [-0.3, -0.25) is 4.79 Å². The number of nitrogens with zero attached hydrogens (tertiary/aromatic N) is 1. The van der Waals surface area contributed by atoms with Crippen molar-refractivity contribution >= 4 is 39.7 Å². The van der Waals surface area contributed by atoms with E-state index < -0.39 is 10.0 Å². The van der Waals surface area contributed by atoms with Gasteiger partial charge in [-0.2, -0.15) is 0 Å². The Morgan fingerprint density at radius 1 is 1.15 bits per heavy atom. The molecule has 0 aliphatic carbocycles. The summed E-state index contributed by atoms with van der Waals surface area (Å²) < 4.78 is 27.3. The maximum atomic E-state index is 12.4. The van der Waals surface area contributed by atoms with E-state index in [1.807, 2.05) is 17.5 Å². The Kier molecular flexibility index (Phi) is 7.60. The average Bonchev–Trinajstić information content (AvgIpc) is 3.15. The quantitative estimate of drug-likeness (QED) is 0.753. The van der Waals surface area contributed by atoms with Crippen LogP contribution in [0.3, 0.4) is 0 Å². The average molecular weight is 416 g/mol. The lowest BCUT2D eigenvalue weighted by molar-refractivity contribution is 0.0735. The van der Waals surface area contributed by atoms with Crippen molar-refractivity contribution in [1.29, 1.82) is 0 Å². The molecule has 2 N–H and O–H groups in total. The zero-order chi connectivity index (χ0) is 17.7. The maximum absolute atomic E-state index is 12.4. The van der Waals surface area contributed by atoms with Crippen molar-refractivity contribution in [2.75, 3.05) is 32.7 Å². The second kappa shape index (κ2) is 9.48. The second-order valence-electron chi connectivity index (χ2n) is 5.79. The molecule has 1 fully saturated rings. The number of sulfonamides is 1. The van der Waals surface area contributed by atoms with Crippen LogP contribution in [0.5, 0.6) is 0 Å². The minimum absolute atomic E-state index is 0. The molecular formula is C17H22ClN3O3S2. The Bertz CT molecular complexity index is 802. The van der Waals surface area contributed by atoms with Gasteiger partial charge < -0.3 is 10.2 Å². The molecule has 1 aliphatic heterocycles. The van der Waals surface area contributed by atoms with Gasteiger partial charge in [0.2, 0.25) is 10.0 Å². The highest BCUT2D eigenvalue weighted by molar-refractivity contribution is 7.89. The number of carbonyl (C=O) groups is 1. The zero-order valence-corrected chi connectivity index (χ0v) is 16.6. The summed E-state index contributed by atoms with van der Waals surface area (Å²) in [6.45, 7) is 3.26. The number of rotatable bonds is 6. The Labute approximate surface area is 164 Å². The van der Waals surface area contributed by atoms with Gasteiger partial charge in [0.15, 0.2) is 0 Å². The van der Waals surface area contributed by atoms with Crippen molar-refractivity contribution in [2.24, 2.45) is 0 Å². The first-order valence-corrected chi connectivity index (χ1v) is 10.5. The number of amides is 1. The van der Waals surface area contributed by atoms with E-state index in [1.54, 1.807) is 28.4 Å². The minimum atomic E-state index is -3.56. The van der Waals surface area contributed by atoms with E-state index in [-0.39, 0.29) is 23.2 Å². The van der Waals surface area contributed by atoms with E-state index in [1.165, 1.54) is 12.1 Å². The predicted molar refractivity (Wildman–Crippen MR) is 106 cm³/mol. The van der Waals surface area contributed by atoms with E-state index in [2.05, 4.69) is 10.0 Å². The summed E-state index contributed by atoms with van der Waals surface area (Å²) in [5.41, 5.74) is 0.513. The fourth-order valence-electron chi connectivity index (χ4n) is 2.67. The Morgan fingerprint density at radius 3 is 2.46 bits per heavy atom. The summed E-state index contributed by atoms with van der Waals surface area (Å²) in [5, 5.41) is 5.17. The largest absolute Gasteiger partial charge is 0.336 e. The Hall–Kier alpha value is -1.45. The molecule has 2 heterocycles. The van der Waals surface area contributed by atoms with Crippen molar-refractivity contribution in [2.45, 2.75) is 11.3 Å². The van der Waals surface area contributed by atoms with Gasteiger partial charge in [0.25, 0.3) is 5.91 Å². The molecule has 1 aliphatic rings. The number of thiophene rings is 1. The molecule has 1 aromatic carbocycles. The van der Waals surface area contributed by atoms with Crippen molar-refractivity contribution in [3.05, 3.63) is 52.2 Å². The molecule has 1 saturated heterocycles. The van der Waals surface area contributed by atoms with Crippen molar-refractivity contribution in [3.8, 4) is 0 Å². The van der Waals surface area contributed by atoms with Crippen LogP contribution in [-0.2, 0) is 16.4 Å². The number of hydrogen-bond donors (Lipinski definition) is 2. The van der Waals surface area contributed by atoms with Crippen LogP contribution in [0.25, 0.3) is 0 Å². The number of benzene rings is 1. The van der Waals surface area contributed by atoms with Crippen LogP contribution >= 0.6 is 23.7 Å². The molecule has 9 heteroatoms. The lowest BCUT2D eigenvalue weighted by Crippen LogP contribution is -2.46. The Balaban J connectivity index is 0.00000243. The molecule has 1 aromatic heterocycles. The monoisotopic (exact) mass is 415 g/mol. The fourth-order valence-corrected chi connectivity index (χ4v) is 4.41. The number of carbonyl (C=O) groups excluding carboxylic acids is 1. The number of halogens is 1. The highest BCUT2D eigenvalue weighted by Gasteiger charge is 2.19. The molecular weight excluding hydrogens is 394 g/mol. The molecule has 1 amide bonds. The van der Waals surface area contributed by atoms with Gasteiger partial charge in [-0.05, 0) is 42.1 Å². The van der Waals surface area contributed by atoms with Crippen molar-refractivity contribution in [3.63, 3.8) is 0 Å². The van der Waals surface area contributed by atoms with Gasteiger partial charge in [0, 0.05) is 43.2 Å². The van der Waals surface area contributed by atoms with Crippen molar-refractivity contribution in [1.82, 2.24) is 14.9 Å². The molecule has 6 nitrogen and oxygen atoms in total. The van der Waals surface area contributed by atoms with Crippen LogP contribution in [0, 0.1) is 0 Å². The topological polar surface area (TPSA) is 78.5 Å². The smallest absolute Gasteiger partial charge is 0.253 e. The van der Waals surface area contributed by atoms with E-state index in [0.29, 0.717) is 31.6 Å². The van der Waals surface area contributed by atoms with E-state index in [4.69, 9.17) is 0 Å². The fraction of sp³-hybridized carbons (Fsp3) is 0.353. The predicted octanol–water partition coefficient (Wildman–Crippen LogP) is 1.74. The van der Waals surface area contributed by atoms with Crippen LogP contribution in [-0.4, -0.2) is 51.9 Å². The van der Waals surface area contributed by atoms with Crippen LogP contribution in [0.1, 0.15) is 15.2 Å². The lowest BCUT2D eigenvalue weighted by Gasteiger charge is -2.27. The first kappa shape index (κ1) is 20.9. The summed E-state index contributed by atoms with van der Waals surface area (Å²) in [6.07, 6.45) is 0.663. The third-order valence-electron chi connectivity index (χ3n) is 4.06. The van der Waals surface area contributed by atoms with Crippen molar-refractivity contribution < 1.29 is 13.2 Å². The van der Waals surface area contributed by atoms with Gasteiger partial charge in [0.1, 0.15) is 0 Å². The highest BCUT2D eigenvalue weighted by atomic mass is 35.5. The van der Waals surface area contributed by atoms with E-state index in [9.17, 15) is 13.2 Å². The molecule has 26 heavy (non-hydrogen) atoms. The lowest BCUT2D eigenvalue weighted by atomic mass is 10.2. The van der Waals surface area contributed by atoms with Gasteiger partial charge in [0.05, 0.1) is 4.90 Å². The van der Waals surface area contributed by atoms with Gasteiger partial charge in [-0.15, -0.1) is 23.7 Å². The molecule has 0 spiro atoms. The first-order valence-electron chi connectivity index (χ1n) is 8.18. The van der Waals surface area contributed by atoms with Crippen LogP contribution in [0.4, 0.5) is 0 Å². The summed E-state index contributed by atoms with van der Waals surface area (Å²) in [6, 6.07) is 10.1. The molecule has 2 aromatic rings. The third kappa shape index (κ3) is 5.28. The van der Waals surface area contributed by atoms with E-state index in [0.717, 1.165) is 18.0 Å². The zero-order valence-electron chi connectivity index (χ0n) is 14.2. The number of piperazine rings is 1. The summed E-state index contributed by atoms with van der Waals surface area (Å²) >= 11 is 1.61. The van der Waals surface area contributed by atoms with Gasteiger partial charge >= 0.3 is 0 Å².